The lowest BCUT2D eigenvalue weighted by atomic mass is 9.94. The van der Waals surface area contributed by atoms with Crippen molar-refractivity contribution in [2.75, 3.05) is 19.8 Å². The van der Waals surface area contributed by atoms with Crippen LogP contribution >= 0.6 is 0 Å². The molecule has 0 saturated carbocycles. The maximum absolute atomic E-state index is 13.6. The van der Waals surface area contributed by atoms with E-state index in [-0.39, 0.29) is 44.0 Å². The van der Waals surface area contributed by atoms with Crippen molar-refractivity contribution in [1.29, 1.82) is 0 Å². The van der Waals surface area contributed by atoms with Crippen LogP contribution in [0, 0.1) is 11.8 Å². The van der Waals surface area contributed by atoms with Crippen LogP contribution in [0.15, 0.2) is 127 Å². The van der Waals surface area contributed by atoms with Gasteiger partial charge in [0.1, 0.15) is 19.0 Å². The molecule has 0 spiro atoms. The lowest BCUT2D eigenvalue weighted by molar-refractivity contribution is -0.150. The van der Waals surface area contributed by atoms with Crippen LogP contribution in [0.4, 0.5) is 0 Å². The molecule has 4 aromatic rings. The summed E-state index contributed by atoms with van der Waals surface area (Å²) >= 11 is 0. The number of rotatable bonds is 15. The molecule has 4 atom stereocenters. The molecule has 0 aromatic heterocycles. The minimum absolute atomic E-state index is 0.0596. The molecular formula is C43H48N2O7. The van der Waals surface area contributed by atoms with Crippen LogP contribution in [0.3, 0.4) is 0 Å². The highest BCUT2D eigenvalue weighted by molar-refractivity contribution is 5.86. The zero-order valence-electron chi connectivity index (χ0n) is 29.4. The number of cyclic esters (lactones) is 1. The van der Waals surface area contributed by atoms with Gasteiger partial charge in [0.2, 0.25) is 11.8 Å². The first-order valence-corrected chi connectivity index (χ1v) is 17.9. The number of amides is 2. The molecule has 0 bridgehead atoms. The standard InChI is InChI=1S/C43H48N2O7/c46-27-38(25-33-20-22-40(23-21-33)51-29-35-16-8-3-9-17-35)44-41(47)26-36-18-10-11-19-37(24-32-12-4-1-5-13-32)43(49)52-31-39(45-42(36)48)30-50-28-34-14-6-2-7-15-34/h1-17,20-23,36-39,46H,18-19,24-31H2,(H,44,47)(H,45,48)/t36-,37+,38+,39+/m1/s1. The molecule has 1 heterocycles. The van der Waals surface area contributed by atoms with Gasteiger partial charge >= 0.3 is 5.97 Å². The zero-order valence-corrected chi connectivity index (χ0v) is 29.4. The first kappa shape index (κ1) is 38.0. The average Bonchev–Trinajstić information content (AvgIpc) is 3.17. The van der Waals surface area contributed by atoms with Crippen molar-refractivity contribution in [3.05, 3.63) is 150 Å². The summed E-state index contributed by atoms with van der Waals surface area (Å²) in [6, 6.07) is 35.8. The van der Waals surface area contributed by atoms with E-state index in [0.717, 1.165) is 28.0 Å². The summed E-state index contributed by atoms with van der Waals surface area (Å²) < 4.78 is 17.6. The SMILES string of the molecule is O=C(C[C@H]1CC=CC[C@@H](Cc2ccccc2)C(=O)OC[C@H](COCc2ccccc2)NC1=O)N[C@H](CO)Cc1ccc(OCc2ccccc2)cc1. The lowest BCUT2D eigenvalue weighted by Crippen LogP contribution is -2.46. The van der Waals surface area contributed by atoms with Crippen LogP contribution in [-0.4, -0.2) is 54.8 Å². The molecule has 0 fully saturated rings. The van der Waals surface area contributed by atoms with Crippen molar-refractivity contribution in [2.24, 2.45) is 11.8 Å². The van der Waals surface area contributed by atoms with Crippen LogP contribution in [0.1, 0.15) is 41.5 Å². The third-order valence-electron chi connectivity index (χ3n) is 8.91. The topological polar surface area (TPSA) is 123 Å². The highest BCUT2D eigenvalue weighted by Crippen LogP contribution is 2.19. The van der Waals surface area contributed by atoms with Gasteiger partial charge in [-0.2, -0.15) is 0 Å². The Kier molecular flexibility index (Phi) is 15.0. The molecule has 1 aliphatic heterocycles. The minimum atomic E-state index is -0.684. The van der Waals surface area contributed by atoms with Crippen LogP contribution < -0.4 is 15.4 Å². The maximum Gasteiger partial charge on any atom is 0.309 e. The number of hydrogen-bond donors (Lipinski definition) is 3. The lowest BCUT2D eigenvalue weighted by Gasteiger charge is -2.25. The third-order valence-corrected chi connectivity index (χ3v) is 8.91. The van der Waals surface area contributed by atoms with Crippen molar-refractivity contribution in [3.8, 4) is 5.75 Å². The van der Waals surface area contributed by atoms with E-state index in [1.165, 1.54) is 0 Å². The maximum atomic E-state index is 13.6. The van der Waals surface area contributed by atoms with E-state index in [0.29, 0.717) is 38.9 Å². The van der Waals surface area contributed by atoms with Crippen molar-refractivity contribution in [3.63, 3.8) is 0 Å². The van der Waals surface area contributed by atoms with Gasteiger partial charge in [-0.05, 0) is 60.1 Å². The molecule has 5 rings (SSSR count). The van der Waals surface area contributed by atoms with Crippen LogP contribution in [-0.2, 0) is 49.9 Å². The summed E-state index contributed by atoms with van der Waals surface area (Å²) in [6.07, 6.45) is 5.33. The predicted molar refractivity (Wildman–Crippen MR) is 199 cm³/mol. The largest absolute Gasteiger partial charge is 0.489 e. The number of nitrogens with one attached hydrogen (secondary N) is 2. The van der Waals surface area contributed by atoms with E-state index in [1.54, 1.807) is 0 Å². The van der Waals surface area contributed by atoms with Crippen LogP contribution in [0.25, 0.3) is 0 Å². The number of aliphatic hydroxyl groups excluding tert-OH is 1. The number of benzene rings is 4. The fraction of sp³-hybridized carbons (Fsp3) is 0.326. The first-order chi connectivity index (χ1) is 25.4. The average molecular weight is 705 g/mol. The number of ether oxygens (including phenoxy) is 3. The first-order valence-electron chi connectivity index (χ1n) is 17.9. The Bertz CT molecular complexity index is 1700. The van der Waals surface area contributed by atoms with Crippen LogP contribution in [0.2, 0.25) is 0 Å². The molecule has 0 saturated heterocycles. The molecule has 4 aromatic carbocycles. The molecule has 9 heteroatoms. The molecule has 0 radical (unpaired) electrons. The van der Waals surface area contributed by atoms with Crippen LogP contribution in [0.5, 0.6) is 5.75 Å². The van der Waals surface area contributed by atoms with Gasteiger partial charge in [0, 0.05) is 6.42 Å². The molecule has 1 aliphatic rings. The Labute approximate surface area is 306 Å². The Morgan fingerprint density at radius 1 is 0.769 bits per heavy atom. The fourth-order valence-corrected chi connectivity index (χ4v) is 6.03. The van der Waals surface area contributed by atoms with Gasteiger partial charge < -0.3 is 30.0 Å². The quantitative estimate of drug-likeness (QED) is 0.107. The highest BCUT2D eigenvalue weighted by atomic mass is 16.5. The van der Waals surface area contributed by atoms with E-state index < -0.39 is 23.9 Å². The van der Waals surface area contributed by atoms with E-state index in [1.807, 2.05) is 127 Å². The number of esters is 1. The number of aliphatic hydroxyl groups is 1. The van der Waals surface area contributed by atoms with Gasteiger partial charge in [0.25, 0.3) is 0 Å². The van der Waals surface area contributed by atoms with Crippen molar-refractivity contribution in [1.82, 2.24) is 10.6 Å². The van der Waals surface area contributed by atoms with E-state index in [2.05, 4.69) is 10.6 Å². The summed E-state index contributed by atoms with van der Waals surface area (Å²) in [4.78, 5) is 40.2. The highest BCUT2D eigenvalue weighted by Gasteiger charge is 2.27. The zero-order chi connectivity index (χ0) is 36.4. The monoisotopic (exact) mass is 704 g/mol. The summed E-state index contributed by atoms with van der Waals surface area (Å²) in [7, 11) is 0. The summed E-state index contributed by atoms with van der Waals surface area (Å²) in [5.41, 5.74) is 4.01. The van der Waals surface area contributed by atoms with Gasteiger partial charge in [0.15, 0.2) is 0 Å². The van der Waals surface area contributed by atoms with Crippen molar-refractivity contribution >= 4 is 17.8 Å². The molecule has 272 valence electrons. The Hall–Kier alpha value is -5.25. The molecule has 0 aliphatic carbocycles. The second-order valence-electron chi connectivity index (χ2n) is 13.1. The minimum Gasteiger partial charge on any atom is -0.489 e. The van der Waals surface area contributed by atoms with E-state index >= 15 is 0 Å². The van der Waals surface area contributed by atoms with Gasteiger partial charge in [-0.1, -0.05) is 115 Å². The Morgan fingerprint density at radius 2 is 1.37 bits per heavy atom. The number of carbonyl (C=O) groups excluding carboxylic acids is 3. The molecule has 9 nitrogen and oxygen atoms in total. The summed E-state index contributed by atoms with van der Waals surface area (Å²) in [5.74, 6) is -1.38. The third kappa shape index (κ3) is 12.8. The van der Waals surface area contributed by atoms with Crippen molar-refractivity contribution in [2.45, 2.75) is 57.4 Å². The summed E-state index contributed by atoms with van der Waals surface area (Å²) in [6.45, 7) is 0.590. The van der Waals surface area contributed by atoms with Gasteiger partial charge in [-0.25, -0.2) is 0 Å². The van der Waals surface area contributed by atoms with E-state index in [4.69, 9.17) is 14.2 Å². The fourth-order valence-electron chi connectivity index (χ4n) is 6.03. The molecule has 2 amide bonds. The van der Waals surface area contributed by atoms with E-state index in [9.17, 15) is 19.5 Å². The van der Waals surface area contributed by atoms with Gasteiger partial charge in [-0.15, -0.1) is 0 Å². The normalized spacial score (nSPS) is 18.6. The molecular weight excluding hydrogens is 656 g/mol. The molecule has 3 N–H and O–H groups in total. The second-order valence-corrected chi connectivity index (χ2v) is 13.1. The number of hydrogen-bond acceptors (Lipinski definition) is 7. The second kappa shape index (κ2) is 20.6. The number of carbonyl (C=O) groups is 3. The molecule has 52 heavy (non-hydrogen) atoms. The van der Waals surface area contributed by atoms with Crippen molar-refractivity contribution < 1.29 is 33.7 Å². The van der Waals surface area contributed by atoms with Gasteiger partial charge in [-0.3, -0.25) is 14.4 Å². The Balaban J connectivity index is 1.20. The molecule has 0 unspecified atom stereocenters. The Morgan fingerprint density at radius 3 is 2.00 bits per heavy atom. The smallest absolute Gasteiger partial charge is 0.309 e. The van der Waals surface area contributed by atoms with Gasteiger partial charge in [0.05, 0.1) is 43.7 Å². The predicted octanol–water partition coefficient (Wildman–Crippen LogP) is 5.75. The summed E-state index contributed by atoms with van der Waals surface area (Å²) in [5, 5.41) is 16.0. The number of allylic oxidation sites excluding steroid dienone is 2.